The number of carbonyl (C=O) groups excluding carboxylic acids is 1. The van der Waals surface area contributed by atoms with E-state index in [0.717, 1.165) is 19.4 Å². The molecule has 1 rings (SSSR count). The predicted octanol–water partition coefficient (Wildman–Crippen LogP) is 5.80. The van der Waals surface area contributed by atoms with E-state index in [1.54, 1.807) is 0 Å². The Morgan fingerprint density at radius 2 is 1.35 bits per heavy atom. The van der Waals surface area contributed by atoms with Gasteiger partial charge < -0.3 is 9.47 Å². The Balaban J connectivity index is 1.82. The van der Waals surface area contributed by atoms with Crippen molar-refractivity contribution in [2.45, 2.75) is 109 Å². The highest BCUT2D eigenvalue weighted by molar-refractivity contribution is 5.69. The van der Waals surface area contributed by atoms with Gasteiger partial charge in [-0.25, -0.2) is 0 Å². The number of rotatable bonds is 16. The van der Waals surface area contributed by atoms with Gasteiger partial charge in [0.05, 0.1) is 19.3 Å². The van der Waals surface area contributed by atoms with Crippen molar-refractivity contribution in [1.82, 2.24) is 0 Å². The summed E-state index contributed by atoms with van der Waals surface area (Å²) >= 11 is 0. The van der Waals surface area contributed by atoms with E-state index in [1.165, 1.54) is 84.2 Å². The van der Waals surface area contributed by atoms with Crippen molar-refractivity contribution in [3.05, 3.63) is 0 Å². The molecule has 1 aliphatic heterocycles. The van der Waals surface area contributed by atoms with Crippen LogP contribution in [0.2, 0.25) is 0 Å². The van der Waals surface area contributed by atoms with Crippen LogP contribution in [0.15, 0.2) is 0 Å². The van der Waals surface area contributed by atoms with Gasteiger partial charge in [-0.1, -0.05) is 84.0 Å². The Bertz CT molecular complexity index is 297. The van der Waals surface area contributed by atoms with Crippen LogP contribution < -0.4 is 0 Å². The number of hydrogen-bond donors (Lipinski definition) is 0. The summed E-state index contributed by atoms with van der Waals surface area (Å²) in [7, 11) is 1.45. The van der Waals surface area contributed by atoms with Crippen molar-refractivity contribution in [3.8, 4) is 0 Å². The predicted molar refractivity (Wildman–Crippen MR) is 95.6 cm³/mol. The van der Waals surface area contributed by atoms with Crippen LogP contribution in [-0.2, 0) is 14.3 Å². The molecular formula is C20H38O3. The summed E-state index contributed by atoms with van der Waals surface area (Å²) < 4.78 is 10.3. The number of carbonyl (C=O) groups is 1. The van der Waals surface area contributed by atoms with Crippen molar-refractivity contribution in [3.63, 3.8) is 0 Å². The maximum Gasteiger partial charge on any atom is 0.305 e. The second-order valence-corrected chi connectivity index (χ2v) is 7.19. The van der Waals surface area contributed by atoms with Crippen molar-refractivity contribution >= 4 is 5.97 Å². The molecule has 0 aromatic carbocycles. The molecule has 0 radical (unpaired) electrons. The van der Waals surface area contributed by atoms with Crippen LogP contribution in [0.25, 0.3) is 0 Å². The molecular weight excluding hydrogens is 288 g/mol. The molecule has 1 aliphatic rings. The number of unbranched alkanes of at least 4 members (excludes halogenated alkanes) is 11. The van der Waals surface area contributed by atoms with Crippen molar-refractivity contribution in [1.29, 1.82) is 0 Å². The first-order valence-corrected chi connectivity index (χ1v) is 9.93. The first-order chi connectivity index (χ1) is 11.2. The number of methoxy groups -OCH3 is 1. The van der Waals surface area contributed by atoms with Crippen molar-refractivity contribution < 1.29 is 14.3 Å². The molecule has 0 amide bonds. The highest BCUT2D eigenvalue weighted by atomic mass is 16.6. The van der Waals surface area contributed by atoms with Gasteiger partial charge in [-0.3, -0.25) is 4.79 Å². The molecule has 23 heavy (non-hydrogen) atoms. The molecule has 3 nitrogen and oxygen atoms in total. The molecule has 0 N–H and O–H groups in total. The summed E-state index contributed by atoms with van der Waals surface area (Å²) in [5, 5.41) is 0. The SMILES string of the molecule is CCCCCCCCCCCCCC[C@@]1(CCC(=O)OC)CO1. The fraction of sp³-hybridized carbons (Fsp3) is 0.950. The summed E-state index contributed by atoms with van der Waals surface area (Å²) in [5.41, 5.74) is 0.0205. The van der Waals surface area contributed by atoms with Gasteiger partial charge >= 0.3 is 5.97 Å². The molecule has 0 bridgehead atoms. The quantitative estimate of drug-likeness (QED) is 0.204. The topological polar surface area (TPSA) is 38.8 Å². The van der Waals surface area contributed by atoms with E-state index in [4.69, 9.17) is 9.47 Å². The monoisotopic (exact) mass is 326 g/mol. The van der Waals surface area contributed by atoms with Gasteiger partial charge in [-0.2, -0.15) is 0 Å². The summed E-state index contributed by atoms with van der Waals surface area (Å²) in [5.74, 6) is -0.116. The van der Waals surface area contributed by atoms with E-state index in [0.29, 0.717) is 6.42 Å². The molecule has 0 unspecified atom stereocenters. The lowest BCUT2D eigenvalue weighted by atomic mass is 9.96. The zero-order valence-corrected chi connectivity index (χ0v) is 15.5. The molecule has 0 aromatic rings. The van der Waals surface area contributed by atoms with Crippen LogP contribution >= 0.6 is 0 Å². The summed E-state index contributed by atoms with van der Waals surface area (Å²) in [6, 6.07) is 0. The van der Waals surface area contributed by atoms with Gasteiger partial charge in [-0.05, 0) is 12.8 Å². The second-order valence-electron chi connectivity index (χ2n) is 7.19. The minimum absolute atomic E-state index is 0.0205. The first kappa shape index (κ1) is 20.5. The minimum Gasteiger partial charge on any atom is -0.469 e. The Morgan fingerprint density at radius 1 is 0.870 bits per heavy atom. The zero-order valence-electron chi connectivity index (χ0n) is 15.5. The normalized spacial score (nSPS) is 19.7. The van der Waals surface area contributed by atoms with Gasteiger partial charge in [0.1, 0.15) is 0 Å². The van der Waals surface area contributed by atoms with Crippen molar-refractivity contribution in [2.24, 2.45) is 0 Å². The summed E-state index contributed by atoms with van der Waals surface area (Å²) in [6.45, 7) is 3.11. The minimum atomic E-state index is -0.116. The highest BCUT2D eigenvalue weighted by Crippen LogP contribution is 2.37. The number of esters is 1. The Kier molecular flexibility index (Phi) is 11.4. The van der Waals surface area contributed by atoms with E-state index in [2.05, 4.69) is 6.92 Å². The van der Waals surface area contributed by atoms with Crippen LogP contribution in [0.3, 0.4) is 0 Å². The molecule has 136 valence electrons. The largest absolute Gasteiger partial charge is 0.469 e. The van der Waals surface area contributed by atoms with E-state index in [-0.39, 0.29) is 11.6 Å². The molecule has 0 aliphatic carbocycles. The fourth-order valence-corrected chi connectivity index (χ4v) is 3.24. The molecule has 0 aromatic heterocycles. The maximum atomic E-state index is 11.2. The third-order valence-corrected chi connectivity index (χ3v) is 5.05. The number of hydrogen-bond acceptors (Lipinski definition) is 3. The molecule has 1 heterocycles. The molecule has 1 saturated heterocycles. The van der Waals surface area contributed by atoms with Gasteiger partial charge in [-0.15, -0.1) is 0 Å². The molecule has 1 fully saturated rings. The number of ether oxygens (including phenoxy) is 2. The Morgan fingerprint density at radius 3 is 1.78 bits per heavy atom. The Labute approximate surface area is 143 Å². The van der Waals surface area contributed by atoms with E-state index >= 15 is 0 Å². The smallest absolute Gasteiger partial charge is 0.305 e. The lowest BCUT2D eigenvalue weighted by Crippen LogP contribution is -2.14. The van der Waals surface area contributed by atoms with Crippen LogP contribution in [0, 0.1) is 0 Å². The Hall–Kier alpha value is -0.570. The van der Waals surface area contributed by atoms with Crippen LogP contribution in [-0.4, -0.2) is 25.3 Å². The van der Waals surface area contributed by atoms with Gasteiger partial charge in [0, 0.05) is 6.42 Å². The molecule has 1 atom stereocenters. The first-order valence-electron chi connectivity index (χ1n) is 9.93. The van der Waals surface area contributed by atoms with E-state index < -0.39 is 0 Å². The lowest BCUT2D eigenvalue weighted by molar-refractivity contribution is -0.141. The van der Waals surface area contributed by atoms with Crippen LogP contribution in [0.5, 0.6) is 0 Å². The third kappa shape index (κ3) is 10.8. The van der Waals surface area contributed by atoms with Gasteiger partial charge in [0.15, 0.2) is 0 Å². The average molecular weight is 327 g/mol. The van der Waals surface area contributed by atoms with Crippen LogP contribution in [0.4, 0.5) is 0 Å². The van der Waals surface area contributed by atoms with Gasteiger partial charge in [0.2, 0.25) is 0 Å². The molecule has 3 heteroatoms. The van der Waals surface area contributed by atoms with E-state index in [9.17, 15) is 4.79 Å². The van der Waals surface area contributed by atoms with Gasteiger partial charge in [0.25, 0.3) is 0 Å². The average Bonchev–Trinajstić information content (AvgIpc) is 3.34. The molecule has 0 spiro atoms. The summed E-state index contributed by atoms with van der Waals surface area (Å²) in [6.07, 6.45) is 19.0. The third-order valence-electron chi connectivity index (χ3n) is 5.05. The highest BCUT2D eigenvalue weighted by Gasteiger charge is 2.43. The van der Waals surface area contributed by atoms with Crippen LogP contribution in [0.1, 0.15) is 103 Å². The standard InChI is InChI=1S/C20H38O3/c1-3-4-5-6-7-8-9-10-11-12-13-14-16-20(18-23-20)17-15-19(21)22-2/h3-18H2,1-2H3/t20-/m1/s1. The summed E-state index contributed by atoms with van der Waals surface area (Å²) in [4.78, 5) is 11.2. The zero-order chi connectivity index (χ0) is 16.8. The fourth-order valence-electron chi connectivity index (χ4n) is 3.24. The second kappa shape index (κ2) is 12.8. The molecule has 0 saturated carbocycles. The lowest BCUT2D eigenvalue weighted by Gasteiger charge is -2.10. The maximum absolute atomic E-state index is 11.2. The number of epoxide rings is 1. The van der Waals surface area contributed by atoms with Crippen molar-refractivity contribution in [2.75, 3.05) is 13.7 Å². The van der Waals surface area contributed by atoms with E-state index in [1.807, 2.05) is 0 Å².